The third-order valence-corrected chi connectivity index (χ3v) is 5.62. The summed E-state index contributed by atoms with van der Waals surface area (Å²) in [6.07, 6.45) is 0.868. The van der Waals surface area contributed by atoms with Gasteiger partial charge in [-0.3, -0.25) is 4.90 Å². The zero-order chi connectivity index (χ0) is 21.5. The number of urea groups is 1. The Kier molecular flexibility index (Phi) is 7.42. The van der Waals surface area contributed by atoms with Gasteiger partial charge in [-0.15, -0.1) is 0 Å². The number of thiophene rings is 1. The molecule has 2 amide bonds. The first kappa shape index (κ1) is 21.8. The van der Waals surface area contributed by atoms with Crippen molar-refractivity contribution >= 4 is 35.0 Å². The second-order valence-corrected chi connectivity index (χ2v) is 7.74. The molecule has 2 aromatic rings. The summed E-state index contributed by atoms with van der Waals surface area (Å²) in [5.41, 5.74) is 1.94. The Morgan fingerprint density at radius 3 is 2.30 bits per heavy atom. The molecule has 2 heterocycles. The molecule has 3 rings (SSSR count). The van der Waals surface area contributed by atoms with E-state index < -0.39 is 11.9 Å². The molecule has 1 aromatic carbocycles. The van der Waals surface area contributed by atoms with Gasteiger partial charge in [-0.25, -0.2) is 14.4 Å². The number of hydrogen-bond acceptors (Lipinski definition) is 7. The minimum absolute atomic E-state index is 0.161. The van der Waals surface area contributed by atoms with Gasteiger partial charge in [0.1, 0.15) is 0 Å². The minimum atomic E-state index is -0.602. The van der Waals surface area contributed by atoms with E-state index in [2.05, 4.69) is 27.0 Å². The predicted molar refractivity (Wildman–Crippen MR) is 114 cm³/mol. The van der Waals surface area contributed by atoms with Gasteiger partial charge in [0.05, 0.1) is 25.3 Å². The largest absolute Gasteiger partial charge is 0.465 e. The third kappa shape index (κ3) is 5.58. The van der Waals surface area contributed by atoms with Crippen LogP contribution in [-0.4, -0.2) is 68.2 Å². The maximum Gasteiger partial charge on any atom is 0.337 e. The number of benzene rings is 1. The second kappa shape index (κ2) is 10.2. The standard InChI is InChI=1S/C21H25N3O5S/c1-28-19(25)16-10-17(20(26)29-2)12-18(11-16)22-21(27)24-6-3-5-23(7-8-24)13-15-4-9-30-14-15/h4,9-12,14H,3,5-8,13H2,1-2H3,(H,22,27). The summed E-state index contributed by atoms with van der Waals surface area (Å²) in [5, 5.41) is 7.00. The molecule has 8 nitrogen and oxygen atoms in total. The first-order valence-electron chi connectivity index (χ1n) is 9.61. The summed E-state index contributed by atoms with van der Waals surface area (Å²) >= 11 is 1.68. The van der Waals surface area contributed by atoms with Gasteiger partial charge in [0, 0.05) is 38.4 Å². The molecule has 1 aliphatic rings. The molecule has 1 aromatic heterocycles. The molecule has 0 aliphatic carbocycles. The van der Waals surface area contributed by atoms with Crippen LogP contribution in [0.4, 0.5) is 10.5 Å². The van der Waals surface area contributed by atoms with Gasteiger partial charge < -0.3 is 19.7 Å². The van der Waals surface area contributed by atoms with Crippen LogP contribution in [0.2, 0.25) is 0 Å². The topological polar surface area (TPSA) is 88.2 Å². The summed E-state index contributed by atoms with van der Waals surface area (Å²) < 4.78 is 9.47. The maximum atomic E-state index is 12.8. The molecule has 0 spiro atoms. The highest BCUT2D eigenvalue weighted by molar-refractivity contribution is 7.07. The Morgan fingerprint density at radius 1 is 1.00 bits per heavy atom. The smallest absolute Gasteiger partial charge is 0.337 e. The van der Waals surface area contributed by atoms with Crippen molar-refractivity contribution in [1.29, 1.82) is 0 Å². The van der Waals surface area contributed by atoms with Crippen LogP contribution < -0.4 is 5.32 Å². The number of hydrogen-bond donors (Lipinski definition) is 1. The Labute approximate surface area is 179 Å². The highest BCUT2D eigenvalue weighted by atomic mass is 32.1. The van der Waals surface area contributed by atoms with Crippen molar-refractivity contribution in [1.82, 2.24) is 9.80 Å². The number of nitrogens with one attached hydrogen (secondary N) is 1. The fraction of sp³-hybridized carbons (Fsp3) is 0.381. The number of amides is 2. The van der Waals surface area contributed by atoms with Crippen molar-refractivity contribution in [2.24, 2.45) is 0 Å². The van der Waals surface area contributed by atoms with E-state index in [0.717, 1.165) is 26.1 Å². The molecule has 9 heteroatoms. The molecule has 30 heavy (non-hydrogen) atoms. The highest BCUT2D eigenvalue weighted by Gasteiger charge is 2.21. The van der Waals surface area contributed by atoms with Crippen molar-refractivity contribution in [3.63, 3.8) is 0 Å². The van der Waals surface area contributed by atoms with E-state index in [-0.39, 0.29) is 17.2 Å². The second-order valence-electron chi connectivity index (χ2n) is 6.96. The Hall–Kier alpha value is -2.91. The Bertz CT molecular complexity index is 866. The average molecular weight is 432 g/mol. The van der Waals surface area contributed by atoms with Crippen LogP contribution in [0.3, 0.4) is 0 Å². The van der Waals surface area contributed by atoms with Crippen LogP contribution in [0.25, 0.3) is 0 Å². The van der Waals surface area contributed by atoms with E-state index in [0.29, 0.717) is 18.8 Å². The lowest BCUT2D eigenvalue weighted by molar-refractivity contribution is 0.0599. The highest BCUT2D eigenvalue weighted by Crippen LogP contribution is 2.18. The lowest BCUT2D eigenvalue weighted by Crippen LogP contribution is -2.38. The Morgan fingerprint density at radius 2 is 1.70 bits per heavy atom. The summed E-state index contributed by atoms with van der Waals surface area (Å²) in [5.74, 6) is -1.20. The number of carbonyl (C=O) groups is 3. The van der Waals surface area contributed by atoms with Gasteiger partial charge in [0.15, 0.2) is 0 Å². The van der Waals surface area contributed by atoms with Crippen LogP contribution >= 0.6 is 11.3 Å². The van der Waals surface area contributed by atoms with E-state index in [4.69, 9.17) is 9.47 Å². The van der Waals surface area contributed by atoms with Gasteiger partial charge in [-0.1, -0.05) is 0 Å². The lowest BCUT2D eigenvalue weighted by Gasteiger charge is -2.22. The van der Waals surface area contributed by atoms with Gasteiger partial charge in [-0.05, 0) is 47.0 Å². The molecular formula is C21H25N3O5S. The normalized spacial score (nSPS) is 14.7. The van der Waals surface area contributed by atoms with E-state index in [9.17, 15) is 14.4 Å². The number of methoxy groups -OCH3 is 2. The quantitative estimate of drug-likeness (QED) is 0.732. The van der Waals surface area contributed by atoms with Crippen molar-refractivity contribution in [3.05, 3.63) is 51.7 Å². The number of ether oxygens (including phenoxy) is 2. The molecule has 1 aliphatic heterocycles. The van der Waals surface area contributed by atoms with Crippen molar-refractivity contribution in [3.8, 4) is 0 Å². The molecule has 160 valence electrons. The zero-order valence-electron chi connectivity index (χ0n) is 17.1. The summed E-state index contributed by atoms with van der Waals surface area (Å²) in [6.45, 7) is 3.80. The molecule has 1 fully saturated rings. The molecular weight excluding hydrogens is 406 g/mol. The fourth-order valence-electron chi connectivity index (χ4n) is 3.35. The SMILES string of the molecule is COC(=O)c1cc(NC(=O)N2CCCN(Cc3ccsc3)CC2)cc(C(=O)OC)c1. The minimum Gasteiger partial charge on any atom is -0.465 e. The number of rotatable bonds is 5. The molecule has 0 unspecified atom stereocenters. The van der Waals surface area contributed by atoms with E-state index in [1.54, 1.807) is 16.2 Å². The summed E-state index contributed by atoms with van der Waals surface area (Å²) in [6, 6.07) is 6.19. The molecule has 1 N–H and O–H groups in total. The van der Waals surface area contributed by atoms with Crippen molar-refractivity contribution < 1.29 is 23.9 Å². The molecule has 0 radical (unpaired) electrons. The van der Waals surface area contributed by atoms with Crippen LogP contribution in [0.15, 0.2) is 35.0 Å². The summed E-state index contributed by atoms with van der Waals surface area (Å²) in [7, 11) is 2.51. The van der Waals surface area contributed by atoms with Crippen LogP contribution in [-0.2, 0) is 16.0 Å². The Balaban J connectivity index is 1.67. The van der Waals surface area contributed by atoms with E-state index in [1.807, 2.05) is 0 Å². The van der Waals surface area contributed by atoms with Gasteiger partial charge in [0.25, 0.3) is 0 Å². The molecule has 1 saturated heterocycles. The third-order valence-electron chi connectivity index (χ3n) is 4.89. The fourth-order valence-corrected chi connectivity index (χ4v) is 4.01. The van der Waals surface area contributed by atoms with Gasteiger partial charge in [0.2, 0.25) is 0 Å². The van der Waals surface area contributed by atoms with Gasteiger partial charge in [-0.2, -0.15) is 11.3 Å². The first-order chi connectivity index (χ1) is 14.5. The van der Waals surface area contributed by atoms with Crippen LogP contribution in [0.5, 0.6) is 0 Å². The van der Waals surface area contributed by atoms with Crippen LogP contribution in [0.1, 0.15) is 32.7 Å². The average Bonchev–Trinajstić information content (AvgIpc) is 3.15. The van der Waals surface area contributed by atoms with Gasteiger partial charge >= 0.3 is 18.0 Å². The number of anilines is 1. The number of nitrogens with zero attached hydrogens (tertiary/aromatic N) is 2. The molecule has 0 saturated carbocycles. The van der Waals surface area contributed by atoms with Crippen molar-refractivity contribution in [2.75, 3.05) is 45.7 Å². The van der Waals surface area contributed by atoms with Crippen LogP contribution in [0, 0.1) is 0 Å². The molecule has 0 atom stereocenters. The first-order valence-corrected chi connectivity index (χ1v) is 10.6. The number of esters is 2. The number of carbonyl (C=O) groups excluding carboxylic acids is 3. The molecule has 0 bridgehead atoms. The summed E-state index contributed by atoms with van der Waals surface area (Å²) in [4.78, 5) is 40.7. The zero-order valence-corrected chi connectivity index (χ0v) is 17.9. The van der Waals surface area contributed by atoms with Crippen molar-refractivity contribution in [2.45, 2.75) is 13.0 Å². The maximum absolute atomic E-state index is 12.8. The monoisotopic (exact) mass is 431 g/mol. The van der Waals surface area contributed by atoms with E-state index >= 15 is 0 Å². The van der Waals surface area contributed by atoms with E-state index in [1.165, 1.54) is 38.0 Å². The lowest BCUT2D eigenvalue weighted by atomic mass is 10.1. The predicted octanol–water partition coefficient (Wildman–Crippen LogP) is 3.06.